The maximum atomic E-state index is 9.56. The van der Waals surface area contributed by atoms with Gasteiger partial charge in [0.2, 0.25) is 0 Å². The second kappa shape index (κ2) is 3.65. The van der Waals surface area contributed by atoms with Crippen LogP contribution in [0.1, 0.15) is 13.8 Å². The Morgan fingerprint density at radius 2 is 1.87 bits per heavy atom. The first-order valence-electron chi connectivity index (χ1n) is 5.09. The highest BCUT2D eigenvalue weighted by molar-refractivity contribution is 4.98. The van der Waals surface area contributed by atoms with Gasteiger partial charge >= 0.3 is 0 Å². The van der Waals surface area contributed by atoms with E-state index < -0.39 is 18.1 Å². The molecule has 0 aliphatic carbocycles. The highest BCUT2D eigenvalue weighted by Crippen LogP contribution is 2.35. The van der Waals surface area contributed by atoms with Crippen LogP contribution in [0.5, 0.6) is 0 Å². The summed E-state index contributed by atoms with van der Waals surface area (Å²) in [5.74, 6) is -0.701. The molecule has 2 saturated heterocycles. The van der Waals surface area contributed by atoms with Gasteiger partial charge in [-0.3, -0.25) is 0 Å². The van der Waals surface area contributed by atoms with Crippen LogP contribution in [0.15, 0.2) is 0 Å². The molecule has 6 heteroatoms. The van der Waals surface area contributed by atoms with Gasteiger partial charge in [-0.25, -0.2) is 0 Å². The van der Waals surface area contributed by atoms with Gasteiger partial charge in [0.1, 0.15) is 18.3 Å². The van der Waals surface area contributed by atoms with Crippen molar-refractivity contribution in [3.63, 3.8) is 0 Å². The Morgan fingerprint density at radius 1 is 1.27 bits per heavy atom. The van der Waals surface area contributed by atoms with Crippen LogP contribution in [0.2, 0.25) is 0 Å². The van der Waals surface area contributed by atoms with E-state index in [1.165, 1.54) is 0 Å². The Hall–Kier alpha value is -0.240. The Kier molecular flexibility index (Phi) is 2.74. The van der Waals surface area contributed by atoms with E-state index in [0.29, 0.717) is 0 Å². The number of rotatable bonds is 1. The summed E-state index contributed by atoms with van der Waals surface area (Å²) in [6.07, 6.45) is -2.08. The summed E-state index contributed by atoms with van der Waals surface area (Å²) in [6.45, 7) is 3.88. The Morgan fingerprint density at radius 3 is 2.47 bits per heavy atom. The Labute approximate surface area is 88.5 Å². The minimum absolute atomic E-state index is 0.268. The molecule has 2 aliphatic heterocycles. The highest BCUT2D eigenvalue weighted by Gasteiger charge is 2.53. The van der Waals surface area contributed by atoms with Gasteiger partial charge in [0.25, 0.3) is 0 Å². The largest absolute Gasteiger partial charge is 0.367 e. The van der Waals surface area contributed by atoms with E-state index >= 15 is 0 Å². The van der Waals surface area contributed by atoms with E-state index in [1.807, 2.05) is 0 Å². The molecule has 0 spiro atoms. The summed E-state index contributed by atoms with van der Waals surface area (Å²) in [5, 5.41) is 9.56. The first-order chi connectivity index (χ1) is 6.94. The lowest BCUT2D eigenvalue weighted by Gasteiger charge is -2.37. The average Bonchev–Trinajstić information content (AvgIpc) is 2.48. The molecule has 0 aromatic heterocycles. The third-order valence-corrected chi connectivity index (χ3v) is 2.79. The normalized spacial score (nSPS) is 49.0. The van der Waals surface area contributed by atoms with Crippen molar-refractivity contribution in [1.29, 1.82) is 0 Å². The van der Waals surface area contributed by atoms with Crippen molar-refractivity contribution in [3.8, 4) is 0 Å². The second-order valence-corrected chi connectivity index (χ2v) is 4.44. The van der Waals surface area contributed by atoms with E-state index in [1.54, 1.807) is 13.8 Å². The van der Waals surface area contributed by atoms with Crippen LogP contribution in [-0.4, -0.2) is 48.1 Å². The van der Waals surface area contributed by atoms with Crippen molar-refractivity contribution in [2.45, 2.75) is 50.3 Å². The van der Waals surface area contributed by atoms with Crippen LogP contribution in [0.3, 0.4) is 0 Å². The van der Waals surface area contributed by atoms with Gasteiger partial charge in [0, 0.05) is 6.54 Å². The molecule has 0 bridgehead atoms. The predicted octanol–water partition coefficient (Wildman–Crippen LogP) is -1.49. The zero-order chi connectivity index (χ0) is 11.2. The number of hydrogen-bond acceptors (Lipinski definition) is 6. The molecule has 0 saturated carbocycles. The molecule has 0 aromatic carbocycles. The lowest BCUT2D eigenvalue weighted by molar-refractivity contribution is -0.215. The number of nitrogens with two attached hydrogens (primary N) is 2. The summed E-state index contributed by atoms with van der Waals surface area (Å²) in [7, 11) is 0. The standard InChI is InChI=1S/C9H18N2O4/c1-9(2)14-6-4(3-10)13-8(12)5(11)7(6)15-9/h4-8,12H,3,10-11H2,1-2H3. The first kappa shape index (κ1) is 11.3. The smallest absolute Gasteiger partial charge is 0.172 e. The van der Waals surface area contributed by atoms with Gasteiger partial charge in [0.05, 0.1) is 6.04 Å². The fourth-order valence-electron chi connectivity index (χ4n) is 2.10. The van der Waals surface area contributed by atoms with Gasteiger partial charge in [-0.1, -0.05) is 0 Å². The highest BCUT2D eigenvalue weighted by atomic mass is 16.8. The molecule has 88 valence electrons. The number of hydrogen-bond donors (Lipinski definition) is 3. The summed E-state index contributed by atoms with van der Waals surface area (Å²) >= 11 is 0. The molecule has 6 nitrogen and oxygen atoms in total. The number of ether oxygens (including phenoxy) is 3. The van der Waals surface area contributed by atoms with Crippen molar-refractivity contribution in [1.82, 2.24) is 0 Å². The van der Waals surface area contributed by atoms with E-state index in [0.717, 1.165) is 0 Å². The number of fused-ring (bicyclic) bond motifs is 1. The lowest BCUT2D eigenvalue weighted by atomic mass is 9.98. The van der Waals surface area contributed by atoms with Gasteiger partial charge in [-0.15, -0.1) is 0 Å². The number of aliphatic hydroxyl groups excluding tert-OH is 1. The fourth-order valence-corrected chi connectivity index (χ4v) is 2.10. The summed E-state index contributed by atoms with van der Waals surface area (Å²) in [4.78, 5) is 0. The van der Waals surface area contributed by atoms with Gasteiger partial charge in [0.15, 0.2) is 12.1 Å². The zero-order valence-electron chi connectivity index (χ0n) is 8.92. The van der Waals surface area contributed by atoms with Crippen LogP contribution >= 0.6 is 0 Å². The van der Waals surface area contributed by atoms with Crippen molar-refractivity contribution in [3.05, 3.63) is 0 Å². The van der Waals surface area contributed by atoms with Crippen molar-refractivity contribution in [2.75, 3.05) is 6.54 Å². The molecule has 0 aromatic rings. The molecular weight excluding hydrogens is 200 g/mol. The third kappa shape index (κ3) is 1.89. The molecule has 2 aliphatic rings. The molecule has 5 N–H and O–H groups in total. The van der Waals surface area contributed by atoms with Crippen LogP contribution in [0.25, 0.3) is 0 Å². The van der Waals surface area contributed by atoms with Crippen LogP contribution in [0, 0.1) is 0 Å². The Bertz CT molecular complexity index is 240. The van der Waals surface area contributed by atoms with Gasteiger partial charge in [-0.05, 0) is 13.8 Å². The van der Waals surface area contributed by atoms with Crippen LogP contribution < -0.4 is 11.5 Å². The first-order valence-corrected chi connectivity index (χ1v) is 5.09. The minimum Gasteiger partial charge on any atom is -0.367 e. The monoisotopic (exact) mass is 218 g/mol. The topological polar surface area (TPSA) is 100.0 Å². The molecule has 0 amide bonds. The molecular formula is C9H18N2O4. The van der Waals surface area contributed by atoms with Crippen molar-refractivity contribution >= 4 is 0 Å². The SMILES string of the molecule is CC1(C)OC2C(CN)OC(O)C(N)C2O1. The molecule has 0 radical (unpaired) electrons. The molecule has 5 atom stereocenters. The van der Waals surface area contributed by atoms with Gasteiger partial charge in [-0.2, -0.15) is 0 Å². The Balaban J connectivity index is 2.18. The summed E-state index contributed by atoms with van der Waals surface area (Å²) in [6, 6.07) is -0.598. The predicted molar refractivity (Wildman–Crippen MR) is 51.7 cm³/mol. The summed E-state index contributed by atoms with van der Waals surface area (Å²) < 4.78 is 16.5. The molecule has 2 fully saturated rings. The molecule has 15 heavy (non-hydrogen) atoms. The summed E-state index contributed by atoms with van der Waals surface area (Å²) in [5.41, 5.74) is 11.3. The minimum atomic E-state index is -1.04. The van der Waals surface area contributed by atoms with Crippen molar-refractivity contribution < 1.29 is 19.3 Å². The fraction of sp³-hybridized carbons (Fsp3) is 1.00. The van der Waals surface area contributed by atoms with Crippen molar-refractivity contribution in [2.24, 2.45) is 11.5 Å². The van der Waals surface area contributed by atoms with Crippen LogP contribution in [0.4, 0.5) is 0 Å². The lowest BCUT2D eigenvalue weighted by Crippen LogP contribution is -2.61. The van der Waals surface area contributed by atoms with Gasteiger partial charge < -0.3 is 30.8 Å². The zero-order valence-corrected chi connectivity index (χ0v) is 8.92. The van der Waals surface area contributed by atoms with E-state index in [-0.39, 0.29) is 24.9 Å². The molecule has 5 unspecified atom stereocenters. The van der Waals surface area contributed by atoms with E-state index in [4.69, 9.17) is 25.7 Å². The quantitative estimate of drug-likeness (QED) is 0.496. The molecule has 2 rings (SSSR count). The number of aliphatic hydroxyl groups is 1. The van der Waals surface area contributed by atoms with Crippen LogP contribution in [-0.2, 0) is 14.2 Å². The second-order valence-electron chi connectivity index (χ2n) is 4.44. The maximum Gasteiger partial charge on any atom is 0.172 e. The van der Waals surface area contributed by atoms with E-state index in [9.17, 15) is 5.11 Å². The molecule has 2 heterocycles. The van der Waals surface area contributed by atoms with E-state index in [2.05, 4.69) is 0 Å². The average molecular weight is 218 g/mol. The third-order valence-electron chi connectivity index (χ3n) is 2.79. The maximum absolute atomic E-state index is 9.56.